The highest BCUT2D eigenvalue weighted by atomic mass is 35.5. The Morgan fingerprint density at radius 1 is 1.05 bits per heavy atom. The molecule has 0 radical (unpaired) electrons. The van der Waals surface area contributed by atoms with Crippen LogP contribution in [-0.4, -0.2) is 7.05 Å². The molecule has 0 aromatic heterocycles. The van der Waals surface area contributed by atoms with Gasteiger partial charge >= 0.3 is 0 Å². The second-order valence-corrected chi connectivity index (χ2v) is 4.92. The normalized spacial score (nSPS) is 12.4. The zero-order chi connectivity index (χ0) is 14.7. The maximum absolute atomic E-state index is 13.7. The van der Waals surface area contributed by atoms with Crippen molar-refractivity contribution in [3.63, 3.8) is 0 Å². The molecule has 2 rings (SSSR count). The first-order chi connectivity index (χ1) is 9.49. The molecule has 0 saturated heterocycles. The second-order valence-electron chi connectivity index (χ2n) is 4.48. The lowest BCUT2D eigenvalue weighted by Gasteiger charge is -2.17. The standard InChI is InChI=1S/C15H13ClF3N/c1-20-15(10-5-12(17)8-13(18)6-10)7-9-4-11(16)2-3-14(9)19/h2-6,8,15,20H,7H2,1H3. The Bertz CT molecular complexity index is 596. The fourth-order valence-corrected chi connectivity index (χ4v) is 2.28. The molecule has 2 aromatic rings. The van der Waals surface area contributed by atoms with E-state index >= 15 is 0 Å². The summed E-state index contributed by atoms with van der Waals surface area (Å²) in [6.45, 7) is 0. The monoisotopic (exact) mass is 299 g/mol. The molecule has 5 heteroatoms. The Balaban J connectivity index is 2.30. The minimum atomic E-state index is -0.660. The Kier molecular flexibility index (Phi) is 4.68. The van der Waals surface area contributed by atoms with Gasteiger partial charge < -0.3 is 5.32 Å². The number of hydrogen-bond acceptors (Lipinski definition) is 1. The Morgan fingerprint density at radius 2 is 1.70 bits per heavy atom. The van der Waals surface area contributed by atoms with Gasteiger partial charge in [-0.25, -0.2) is 13.2 Å². The van der Waals surface area contributed by atoms with Crippen LogP contribution in [0.3, 0.4) is 0 Å². The molecular weight excluding hydrogens is 287 g/mol. The minimum Gasteiger partial charge on any atom is -0.313 e. The van der Waals surface area contributed by atoms with Crippen LogP contribution in [0, 0.1) is 17.5 Å². The van der Waals surface area contributed by atoms with E-state index in [2.05, 4.69) is 5.32 Å². The third kappa shape index (κ3) is 3.52. The minimum absolute atomic E-state index is 0.242. The molecule has 0 aliphatic heterocycles. The summed E-state index contributed by atoms with van der Waals surface area (Å²) in [5, 5.41) is 3.34. The summed E-state index contributed by atoms with van der Waals surface area (Å²) < 4.78 is 40.2. The van der Waals surface area contributed by atoms with E-state index in [-0.39, 0.29) is 6.42 Å². The van der Waals surface area contributed by atoms with Crippen molar-refractivity contribution >= 4 is 11.6 Å². The molecule has 1 unspecified atom stereocenters. The zero-order valence-corrected chi connectivity index (χ0v) is 11.5. The van der Waals surface area contributed by atoms with Crippen molar-refractivity contribution in [3.05, 3.63) is 70.0 Å². The van der Waals surface area contributed by atoms with Gasteiger partial charge in [0.1, 0.15) is 17.5 Å². The van der Waals surface area contributed by atoms with Crippen LogP contribution in [0.1, 0.15) is 17.2 Å². The molecule has 0 bridgehead atoms. The average molecular weight is 300 g/mol. The van der Waals surface area contributed by atoms with Crippen molar-refractivity contribution in [2.24, 2.45) is 0 Å². The molecule has 0 amide bonds. The van der Waals surface area contributed by atoms with E-state index in [0.717, 1.165) is 6.07 Å². The predicted octanol–water partition coefficient (Wildman–Crippen LogP) is 4.26. The topological polar surface area (TPSA) is 12.0 Å². The van der Waals surface area contributed by atoms with Crippen molar-refractivity contribution in [1.29, 1.82) is 0 Å². The Labute approximate surface area is 120 Å². The lowest BCUT2D eigenvalue weighted by atomic mass is 9.98. The number of likely N-dealkylation sites (N-methyl/N-ethyl adjacent to an activating group) is 1. The van der Waals surface area contributed by atoms with Gasteiger partial charge in [0.2, 0.25) is 0 Å². The van der Waals surface area contributed by atoms with E-state index in [1.54, 1.807) is 7.05 Å². The largest absolute Gasteiger partial charge is 0.313 e. The molecule has 0 fully saturated rings. The van der Waals surface area contributed by atoms with Crippen LogP contribution in [0.25, 0.3) is 0 Å². The third-order valence-electron chi connectivity index (χ3n) is 3.07. The summed E-state index contributed by atoms with van der Waals surface area (Å²) >= 11 is 5.83. The first-order valence-corrected chi connectivity index (χ1v) is 6.44. The summed E-state index contributed by atoms with van der Waals surface area (Å²) in [4.78, 5) is 0. The molecule has 0 heterocycles. The van der Waals surface area contributed by atoms with Crippen LogP contribution in [0.15, 0.2) is 36.4 Å². The number of halogens is 4. The highest BCUT2D eigenvalue weighted by Crippen LogP contribution is 2.23. The van der Waals surface area contributed by atoms with E-state index in [9.17, 15) is 13.2 Å². The Morgan fingerprint density at radius 3 is 2.30 bits per heavy atom. The predicted molar refractivity (Wildman–Crippen MR) is 73.3 cm³/mol. The van der Waals surface area contributed by atoms with Crippen molar-refractivity contribution in [2.45, 2.75) is 12.5 Å². The Hall–Kier alpha value is -1.52. The fourth-order valence-electron chi connectivity index (χ4n) is 2.08. The smallest absolute Gasteiger partial charge is 0.126 e. The quantitative estimate of drug-likeness (QED) is 0.889. The maximum Gasteiger partial charge on any atom is 0.126 e. The number of rotatable bonds is 4. The molecule has 106 valence electrons. The van der Waals surface area contributed by atoms with E-state index in [4.69, 9.17) is 11.6 Å². The maximum atomic E-state index is 13.7. The van der Waals surface area contributed by atoms with Gasteiger partial charge in [0, 0.05) is 17.1 Å². The highest BCUT2D eigenvalue weighted by Gasteiger charge is 2.15. The molecule has 0 saturated carbocycles. The van der Waals surface area contributed by atoms with Gasteiger partial charge in [0.05, 0.1) is 0 Å². The van der Waals surface area contributed by atoms with Gasteiger partial charge in [-0.3, -0.25) is 0 Å². The van der Waals surface area contributed by atoms with E-state index < -0.39 is 23.5 Å². The van der Waals surface area contributed by atoms with Gasteiger partial charge in [-0.2, -0.15) is 0 Å². The molecule has 2 aromatic carbocycles. The van der Waals surface area contributed by atoms with Crippen LogP contribution in [0.5, 0.6) is 0 Å². The molecule has 0 aliphatic carbocycles. The van der Waals surface area contributed by atoms with Crippen molar-refractivity contribution in [3.8, 4) is 0 Å². The van der Waals surface area contributed by atoms with Gasteiger partial charge in [-0.1, -0.05) is 11.6 Å². The summed E-state index contributed by atoms with van der Waals surface area (Å²) in [5.74, 6) is -1.72. The highest BCUT2D eigenvalue weighted by molar-refractivity contribution is 6.30. The molecule has 0 aliphatic rings. The summed E-state index contributed by atoms with van der Waals surface area (Å²) in [5.41, 5.74) is 0.811. The van der Waals surface area contributed by atoms with Crippen molar-refractivity contribution in [1.82, 2.24) is 5.32 Å². The van der Waals surface area contributed by atoms with E-state index in [0.29, 0.717) is 16.1 Å². The van der Waals surface area contributed by atoms with Crippen LogP contribution >= 0.6 is 11.6 Å². The molecule has 1 N–H and O–H groups in total. The summed E-state index contributed by atoms with van der Waals surface area (Å²) in [7, 11) is 1.65. The third-order valence-corrected chi connectivity index (χ3v) is 3.30. The van der Waals surface area contributed by atoms with E-state index in [1.165, 1.54) is 30.3 Å². The van der Waals surface area contributed by atoms with Crippen LogP contribution in [-0.2, 0) is 6.42 Å². The molecule has 20 heavy (non-hydrogen) atoms. The fraction of sp³-hybridized carbons (Fsp3) is 0.200. The lowest BCUT2D eigenvalue weighted by molar-refractivity contribution is 0.537. The SMILES string of the molecule is CNC(Cc1cc(Cl)ccc1F)c1cc(F)cc(F)c1. The van der Waals surface area contributed by atoms with Crippen molar-refractivity contribution < 1.29 is 13.2 Å². The molecular formula is C15H13ClF3N. The number of nitrogens with one attached hydrogen (secondary N) is 1. The number of hydrogen-bond donors (Lipinski definition) is 1. The second kappa shape index (κ2) is 6.29. The number of benzene rings is 2. The lowest BCUT2D eigenvalue weighted by Crippen LogP contribution is -2.19. The van der Waals surface area contributed by atoms with Crippen LogP contribution in [0.4, 0.5) is 13.2 Å². The van der Waals surface area contributed by atoms with E-state index in [1.807, 2.05) is 0 Å². The first kappa shape index (κ1) is 14.9. The molecule has 1 atom stereocenters. The van der Waals surface area contributed by atoms with Gasteiger partial charge in [0.25, 0.3) is 0 Å². The average Bonchev–Trinajstić information content (AvgIpc) is 2.38. The van der Waals surface area contributed by atoms with Crippen molar-refractivity contribution in [2.75, 3.05) is 7.05 Å². The van der Waals surface area contributed by atoms with Gasteiger partial charge in [-0.15, -0.1) is 0 Å². The zero-order valence-electron chi connectivity index (χ0n) is 10.8. The van der Waals surface area contributed by atoms with Gasteiger partial charge in [0.15, 0.2) is 0 Å². The molecule has 1 nitrogen and oxygen atoms in total. The van der Waals surface area contributed by atoms with Gasteiger partial charge in [-0.05, 0) is 54.9 Å². The molecule has 0 spiro atoms. The summed E-state index contributed by atoms with van der Waals surface area (Å²) in [6.07, 6.45) is 0.242. The first-order valence-electron chi connectivity index (χ1n) is 6.07. The van der Waals surface area contributed by atoms with Crippen LogP contribution < -0.4 is 5.32 Å². The van der Waals surface area contributed by atoms with Crippen LogP contribution in [0.2, 0.25) is 5.02 Å². The summed E-state index contributed by atoms with van der Waals surface area (Å²) in [6, 6.07) is 7.09.